The van der Waals surface area contributed by atoms with Crippen LogP contribution in [0.3, 0.4) is 0 Å². The number of hydrogen-bond donors (Lipinski definition) is 2. The number of benzene rings is 1. The largest absolute Gasteiger partial charge is 0.491 e. The molecule has 0 aliphatic carbocycles. The van der Waals surface area contributed by atoms with Crippen molar-refractivity contribution in [3.63, 3.8) is 0 Å². The van der Waals surface area contributed by atoms with Crippen molar-refractivity contribution >= 4 is 10.8 Å². The van der Waals surface area contributed by atoms with Gasteiger partial charge >= 0.3 is 0 Å². The van der Waals surface area contributed by atoms with Crippen LogP contribution in [0.4, 0.5) is 0 Å². The van der Waals surface area contributed by atoms with E-state index >= 15 is 0 Å². The fraction of sp³-hybridized carbons (Fsp3) is 0.500. The van der Waals surface area contributed by atoms with Crippen molar-refractivity contribution in [2.75, 3.05) is 31.7 Å². The molecule has 1 aromatic carbocycles. The minimum atomic E-state index is -0.761. The Labute approximate surface area is 122 Å². The number of hydrogen-bond acceptors (Lipinski definition) is 5. The Morgan fingerprint density at radius 2 is 2.15 bits per heavy atom. The quantitative estimate of drug-likeness (QED) is 0.654. The fourth-order valence-corrected chi connectivity index (χ4v) is 2.10. The van der Waals surface area contributed by atoms with Crippen LogP contribution < -0.4 is 10.1 Å². The van der Waals surface area contributed by atoms with Crippen molar-refractivity contribution < 1.29 is 14.1 Å². The summed E-state index contributed by atoms with van der Waals surface area (Å²) < 4.78 is 16.3. The van der Waals surface area contributed by atoms with E-state index in [0.29, 0.717) is 23.6 Å². The van der Waals surface area contributed by atoms with Gasteiger partial charge in [0.25, 0.3) is 0 Å². The highest BCUT2D eigenvalue weighted by Gasteiger charge is 2.05. The molecule has 20 heavy (non-hydrogen) atoms. The van der Waals surface area contributed by atoms with Crippen LogP contribution in [0.5, 0.6) is 5.75 Å². The number of rotatable bonds is 9. The lowest BCUT2D eigenvalue weighted by Crippen LogP contribution is -2.32. The maximum absolute atomic E-state index is 10.8. The van der Waals surface area contributed by atoms with Gasteiger partial charge < -0.3 is 15.2 Å². The number of ether oxygens (including phenoxy) is 1. The number of nitrogens with one attached hydrogen (secondary N) is 1. The first-order valence-electron chi connectivity index (χ1n) is 6.43. The van der Waals surface area contributed by atoms with Gasteiger partial charge in [0, 0.05) is 29.4 Å². The molecule has 0 saturated carbocycles. The van der Waals surface area contributed by atoms with Gasteiger partial charge in [0.05, 0.1) is 11.6 Å². The molecule has 0 amide bonds. The lowest BCUT2D eigenvalue weighted by molar-refractivity contribution is 0.106. The van der Waals surface area contributed by atoms with Gasteiger partial charge in [0.15, 0.2) is 0 Å². The summed E-state index contributed by atoms with van der Waals surface area (Å²) >= 11 is 0. The minimum Gasteiger partial charge on any atom is -0.491 e. The molecule has 0 fully saturated rings. The summed E-state index contributed by atoms with van der Waals surface area (Å²) in [5.41, 5.74) is 0.577. The topological polar surface area (TPSA) is 82.3 Å². The Kier molecular flexibility index (Phi) is 7.88. The highest BCUT2D eigenvalue weighted by molar-refractivity contribution is 7.84. The van der Waals surface area contributed by atoms with Gasteiger partial charge in [-0.05, 0) is 37.2 Å². The van der Waals surface area contributed by atoms with E-state index in [1.807, 2.05) is 6.07 Å². The van der Waals surface area contributed by atoms with Crippen molar-refractivity contribution in [3.8, 4) is 11.8 Å². The van der Waals surface area contributed by atoms with Gasteiger partial charge in [-0.15, -0.1) is 0 Å². The van der Waals surface area contributed by atoms with Crippen LogP contribution in [0.1, 0.15) is 12.0 Å². The molecule has 1 rings (SSSR count). The van der Waals surface area contributed by atoms with Gasteiger partial charge in [-0.3, -0.25) is 4.21 Å². The highest BCUT2D eigenvalue weighted by atomic mass is 32.2. The van der Waals surface area contributed by atoms with Crippen LogP contribution in [0, 0.1) is 11.3 Å². The molecule has 0 aliphatic heterocycles. The minimum absolute atomic E-state index is 0.193. The number of nitrogens with zero attached hydrogens (tertiary/aromatic N) is 1. The second-order valence-electron chi connectivity index (χ2n) is 4.44. The first-order valence-corrected chi connectivity index (χ1v) is 8.16. The molecule has 0 spiro atoms. The van der Waals surface area contributed by atoms with E-state index < -0.39 is 16.9 Å². The molecular weight excluding hydrogens is 276 g/mol. The molecule has 0 saturated heterocycles. The zero-order valence-corrected chi connectivity index (χ0v) is 12.4. The van der Waals surface area contributed by atoms with Crippen LogP contribution in [0.2, 0.25) is 0 Å². The average Bonchev–Trinajstić information content (AvgIpc) is 2.45. The van der Waals surface area contributed by atoms with Gasteiger partial charge in [-0.25, -0.2) is 0 Å². The third-order valence-corrected chi connectivity index (χ3v) is 3.45. The predicted molar refractivity (Wildman–Crippen MR) is 79.1 cm³/mol. The van der Waals surface area contributed by atoms with Crippen molar-refractivity contribution in [3.05, 3.63) is 29.8 Å². The molecule has 0 heterocycles. The zero-order chi connectivity index (χ0) is 14.8. The summed E-state index contributed by atoms with van der Waals surface area (Å²) in [6, 6.07) is 8.78. The van der Waals surface area contributed by atoms with Crippen LogP contribution in [-0.4, -0.2) is 47.1 Å². The standard InChI is InChI=1S/C14H20N2O3S/c1-20(18)8-2-7-16-10-13(17)11-19-14-5-3-12(9-15)4-6-14/h3-6,13,16-17H,2,7-8,10-11H2,1H3. The zero-order valence-electron chi connectivity index (χ0n) is 11.5. The molecule has 0 aliphatic rings. The van der Waals surface area contributed by atoms with E-state index in [-0.39, 0.29) is 6.61 Å². The first kappa shape index (κ1) is 16.6. The lowest BCUT2D eigenvalue weighted by atomic mass is 10.2. The Bertz CT molecular complexity index is 456. The van der Waals surface area contributed by atoms with E-state index in [4.69, 9.17) is 10.00 Å². The van der Waals surface area contributed by atoms with E-state index in [2.05, 4.69) is 5.32 Å². The molecule has 6 heteroatoms. The Hall–Kier alpha value is -1.42. The molecule has 2 unspecified atom stereocenters. The molecule has 0 aromatic heterocycles. The Balaban J connectivity index is 2.14. The van der Waals surface area contributed by atoms with Gasteiger partial charge in [0.2, 0.25) is 0 Å². The van der Waals surface area contributed by atoms with E-state index in [9.17, 15) is 9.32 Å². The molecule has 0 bridgehead atoms. The Morgan fingerprint density at radius 3 is 2.75 bits per heavy atom. The second kappa shape index (κ2) is 9.48. The highest BCUT2D eigenvalue weighted by Crippen LogP contribution is 2.11. The van der Waals surface area contributed by atoms with E-state index in [0.717, 1.165) is 13.0 Å². The normalized spacial score (nSPS) is 13.4. The van der Waals surface area contributed by atoms with E-state index in [1.54, 1.807) is 30.5 Å². The number of nitriles is 1. The van der Waals surface area contributed by atoms with Crippen molar-refractivity contribution in [1.29, 1.82) is 5.26 Å². The summed E-state index contributed by atoms with van der Waals surface area (Å²) in [4.78, 5) is 0. The molecule has 0 radical (unpaired) electrons. The molecular formula is C14H20N2O3S. The molecule has 110 valence electrons. The third-order valence-electron chi connectivity index (χ3n) is 2.59. The fourth-order valence-electron chi connectivity index (χ4n) is 1.55. The monoisotopic (exact) mass is 296 g/mol. The first-order chi connectivity index (χ1) is 9.61. The molecule has 1 aromatic rings. The van der Waals surface area contributed by atoms with Crippen molar-refractivity contribution in [2.45, 2.75) is 12.5 Å². The second-order valence-corrected chi connectivity index (χ2v) is 5.99. The summed E-state index contributed by atoms with van der Waals surface area (Å²) in [6.07, 6.45) is 1.91. The summed E-state index contributed by atoms with van der Waals surface area (Å²) in [5, 5.41) is 21.5. The average molecular weight is 296 g/mol. The van der Waals surface area contributed by atoms with Crippen LogP contribution in [-0.2, 0) is 10.8 Å². The Morgan fingerprint density at radius 1 is 1.45 bits per heavy atom. The van der Waals surface area contributed by atoms with Crippen molar-refractivity contribution in [1.82, 2.24) is 5.32 Å². The van der Waals surface area contributed by atoms with Gasteiger partial charge in [0.1, 0.15) is 18.5 Å². The lowest BCUT2D eigenvalue weighted by Gasteiger charge is -2.13. The molecule has 5 nitrogen and oxygen atoms in total. The van der Waals surface area contributed by atoms with Gasteiger partial charge in [-0.2, -0.15) is 5.26 Å². The van der Waals surface area contributed by atoms with Crippen LogP contribution in [0.25, 0.3) is 0 Å². The smallest absolute Gasteiger partial charge is 0.119 e. The van der Waals surface area contributed by atoms with Crippen molar-refractivity contribution in [2.24, 2.45) is 0 Å². The summed E-state index contributed by atoms with van der Waals surface area (Å²) in [5.74, 6) is 1.30. The molecule has 2 N–H and O–H groups in total. The SMILES string of the molecule is CS(=O)CCCNCC(O)COc1ccc(C#N)cc1. The molecule has 2 atom stereocenters. The maximum atomic E-state index is 10.8. The third kappa shape index (κ3) is 7.24. The number of aliphatic hydroxyl groups excluding tert-OH is 1. The maximum Gasteiger partial charge on any atom is 0.119 e. The van der Waals surface area contributed by atoms with Crippen LogP contribution >= 0.6 is 0 Å². The predicted octanol–water partition coefficient (Wildman–Crippen LogP) is 0.656. The van der Waals surface area contributed by atoms with Gasteiger partial charge in [-0.1, -0.05) is 0 Å². The summed E-state index contributed by atoms with van der Waals surface area (Å²) in [7, 11) is -0.761. The number of aliphatic hydroxyl groups is 1. The van der Waals surface area contributed by atoms with E-state index in [1.165, 1.54) is 0 Å². The van der Waals surface area contributed by atoms with Crippen LogP contribution in [0.15, 0.2) is 24.3 Å². The summed E-state index contributed by atoms with van der Waals surface area (Å²) in [6.45, 7) is 1.36.